The van der Waals surface area contributed by atoms with Crippen molar-refractivity contribution in [3.8, 4) is 0 Å². The molecule has 0 fully saturated rings. The van der Waals surface area contributed by atoms with Crippen molar-refractivity contribution < 1.29 is 9.90 Å². The molecule has 0 saturated heterocycles. The topological polar surface area (TPSA) is 98.0 Å². The Labute approximate surface area is 80.3 Å². The highest BCUT2D eigenvalue weighted by atomic mass is 16.4. The van der Waals surface area contributed by atoms with Gasteiger partial charge in [0, 0.05) is 5.56 Å². The van der Waals surface area contributed by atoms with Crippen LogP contribution in [0.25, 0.3) is 0 Å². The second kappa shape index (κ2) is 3.99. The Morgan fingerprint density at radius 2 is 2.21 bits per heavy atom. The van der Waals surface area contributed by atoms with Crippen molar-refractivity contribution in [3.63, 3.8) is 0 Å². The molecular weight excluding hydrogens is 186 g/mol. The molecule has 78 valence electrons. The molecule has 6 heteroatoms. The molecule has 1 aromatic rings. The average molecular weight is 199 g/mol. The molecule has 1 rings (SSSR count). The number of aromatic amines is 2. The molecule has 6 nitrogen and oxygen atoms in total. The molecule has 1 amide bonds. The van der Waals surface area contributed by atoms with E-state index in [0.29, 0.717) is 17.7 Å². The van der Waals surface area contributed by atoms with Crippen LogP contribution in [0.4, 0.5) is 4.79 Å². The van der Waals surface area contributed by atoms with Crippen LogP contribution in [0.5, 0.6) is 0 Å². The van der Waals surface area contributed by atoms with Gasteiger partial charge < -0.3 is 10.4 Å². The minimum atomic E-state index is -1.11. The Morgan fingerprint density at radius 1 is 1.57 bits per heavy atom. The van der Waals surface area contributed by atoms with Gasteiger partial charge in [-0.3, -0.25) is 15.0 Å². The lowest BCUT2D eigenvalue weighted by Gasteiger charge is -2.10. The quantitative estimate of drug-likeness (QED) is 0.573. The normalized spacial score (nSPS) is 12.4. The molecule has 0 aliphatic carbocycles. The van der Waals surface area contributed by atoms with E-state index >= 15 is 0 Å². The van der Waals surface area contributed by atoms with Crippen LogP contribution in [0.3, 0.4) is 0 Å². The van der Waals surface area contributed by atoms with E-state index in [1.807, 2.05) is 6.92 Å². The lowest BCUT2D eigenvalue weighted by Crippen LogP contribution is -2.25. The van der Waals surface area contributed by atoms with E-state index in [4.69, 9.17) is 5.11 Å². The molecule has 1 heterocycles. The van der Waals surface area contributed by atoms with Gasteiger partial charge in [0.05, 0.1) is 11.7 Å². The first-order valence-electron chi connectivity index (χ1n) is 4.35. The van der Waals surface area contributed by atoms with E-state index < -0.39 is 12.1 Å². The number of amides is 1. The molecule has 1 atom stereocenters. The summed E-state index contributed by atoms with van der Waals surface area (Å²) in [5, 5.41) is 15.9. The minimum absolute atomic E-state index is 0.193. The van der Waals surface area contributed by atoms with Gasteiger partial charge in [0.25, 0.3) is 5.56 Å². The Hall–Kier alpha value is -1.72. The first kappa shape index (κ1) is 10.4. The van der Waals surface area contributed by atoms with Gasteiger partial charge in [-0.15, -0.1) is 0 Å². The van der Waals surface area contributed by atoms with Crippen LogP contribution in [0.15, 0.2) is 4.79 Å². The van der Waals surface area contributed by atoms with E-state index in [2.05, 4.69) is 15.5 Å². The minimum Gasteiger partial charge on any atom is -0.465 e. The van der Waals surface area contributed by atoms with Gasteiger partial charge in [0.2, 0.25) is 0 Å². The molecule has 14 heavy (non-hydrogen) atoms. The van der Waals surface area contributed by atoms with Gasteiger partial charge in [0.1, 0.15) is 0 Å². The summed E-state index contributed by atoms with van der Waals surface area (Å²) in [6.07, 6.45) is -0.540. The van der Waals surface area contributed by atoms with E-state index in [0.717, 1.165) is 0 Å². The van der Waals surface area contributed by atoms with E-state index in [1.54, 1.807) is 6.92 Å². The molecule has 0 aliphatic rings. The van der Waals surface area contributed by atoms with Gasteiger partial charge in [-0.1, -0.05) is 6.92 Å². The van der Waals surface area contributed by atoms with Crippen LogP contribution < -0.4 is 10.9 Å². The van der Waals surface area contributed by atoms with Gasteiger partial charge in [-0.05, 0) is 13.3 Å². The number of carboxylic acid groups (broad SMARTS) is 1. The zero-order chi connectivity index (χ0) is 10.7. The van der Waals surface area contributed by atoms with Gasteiger partial charge in [-0.2, -0.15) is 0 Å². The van der Waals surface area contributed by atoms with Gasteiger partial charge in [0.15, 0.2) is 0 Å². The van der Waals surface area contributed by atoms with Crippen LogP contribution in [-0.2, 0) is 6.42 Å². The van der Waals surface area contributed by atoms with Crippen LogP contribution in [0.2, 0.25) is 0 Å². The van der Waals surface area contributed by atoms with Crippen LogP contribution in [0.1, 0.15) is 31.1 Å². The van der Waals surface area contributed by atoms with Crippen molar-refractivity contribution in [3.05, 3.63) is 21.6 Å². The van der Waals surface area contributed by atoms with Crippen molar-refractivity contribution in [2.75, 3.05) is 0 Å². The molecule has 0 bridgehead atoms. The van der Waals surface area contributed by atoms with Crippen molar-refractivity contribution in [1.29, 1.82) is 0 Å². The molecule has 1 unspecified atom stereocenters. The highest BCUT2D eigenvalue weighted by Crippen LogP contribution is 2.11. The van der Waals surface area contributed by atoms with Crippen LogP contribution in [-0.4, -0.2) is 21.4 Å². The fraction of sp³-hybridized carbons (Fsp3) is 0.500. The molecule has 0 saturated carbocycles. The number of aromatic nitrogens is 2. The first-order valence-corrected chi connectivity index (χ1v) is 4.35. The standard InChI is InChI=1S/C8H13N3O3/c1-3-5-6(10-11-7(5)12)4(2)9-8(13)14/h4,9H,3H2,1-2H3,(H,13,14)(H2,10,11,12). The molecule has 1 aromatic heterocycles. The third kappa shape index (κ3) is 1.95. The maximum atomic E-state index is 11.2. The molecule has 0 aliphatic heterocycles. The Balaban J connectivity index is 2.94. The predicted octanol–water partition coefficient (Wildman–Crippen LogP) is 0.594. The third-order valence-electron chi connectivity index (χ3n) is 2.04. The van der Waals surface area contributed by atoms with E-state index in [-0.39, 0.29) is 5.56 Å². The second-order valence-corrected chi connectivity index (χ2v) is 3.00. The van der Waals surface area contributed by atoms with Crippen molar-refractivity contribution in [2.24, 2.45) is 0 Å². The van der Waals surface area contributed by atoms with Crippen molar-refractivity contribution in [2.45, 2.75) is 26.3 Å². The largest absolute Gasteiger partial charge is 0.465 e. The van der Waals surface area contributed by atoms with E-state index in [1.165, 1.54) is 0 Å². The smallest absolute Gasteiger partial charge is 0.405 e. The SMILES string of the molecule is CCc1c(C(C)NC(=O)O)[nH][nH]c1=O. The number of hydrogen-bond donors (Lipinski definition) is 4. The summed E-state index contributed by atoms with van der Waals surface area (Å²) >= 11 is 0. The second-order valence-electron chi connectivity index (χ2n) is 3.00. The lowest BCUT2D eigenvalue weighted by atomic mass is 10.1. The van der Waals surface area contributed by atoms with Crippen molar-refractivity contribution >= 4 is 6.09 Å². The summed E-state index contributed by atoms with van der Waals surface area (Å²) in [5.74, 6) is 0. The highest BCUT2D eigenvalue weighted by molar-refractivity contribution is 5.65. The Kier molecular flexibility index (Phi) is 2.95. The summed E-state index contributed by atoms with van der Waals surface area (Å²) in [7, 11) is 0. The number of nitrogens with one attached hydrogen (secondary N) is 3. The zero-order valence-electron chi connectivity index (χ0n) is 8.05. The first-order chi connectivity index (χ1) is 6.56. The summed E-state index contributed by atoms with van der Waals surface area (Å²) in [6, 6.07) is -0.415. The van der Waals surface area contributed by atoms with Crippen molar-refractivity contribution in [1.82, 2.24) is 15.5 Å². The number of carbonyl (C=O) groups is 1. The summed E-state index contributed by atoms with van der Waals surface area (Å²) in [6.45, 7) is 3.52. The van der Waals surface area contributed by atoms with E-state index in [9.17, 15) is 9.59 Å². The maximum Gasteiger partial charge on any atom is 0.405 e. The molecule has 4 N–H and O–H groups in total. The van der Waals surface area contributed by atoms with Crippen LogP contribution >= 0.6 is 0 Å². The zero-order valence-corrected chi connectivity index (χ0v) is 8.05. The van der Waals surface area contributed by atoms with Gasteiger partial charge in [-0.25, -0.2) is 4.79 Å². The average Bonchev–Trinajstić information content (AvgIpc) is 2.45. The maximum absolute atomic E-state index is 11.2. The monoisotopic (exact) mass is 199 g/mol. The predicted molar refractivity (Wildman–Crippen MR) is 50.4 cm³/mol. The van der Waals surface area contributed by atoms with Crippen LogP contribution in [0, 0.1) is 0 Å². The summed E-state index contributed by atoms with van der Waals surface area (Å²) < 4.78 is 0. The fourth-order valence-electron chi connectivity index (χ4n) is 1.38. The number of H-pyrrole nitrogens is 2. The molecule has 0 aromatic carbocycles. The highest BCUT2D eigenvalue weighted by Gasteiger charge is 2.15. The summed E-state index contributed by atoms with van der Waals surface area (Å²) in [4.78, 5) is 21.6. The Morgan fingerprint density at radius 3 is 2.71 bits per heavy atom. The molecule has 0 spiro atoms. The summed E-state index contributed by atoms with van der Waals surface area (Å²) in [5.41, 5.74) is 0.993. The number of rotatable bonds is 3. The fourth-order valence-corrected chi connectivity index (χ4v) is 1.38. The molecular formula is C8H13N3O3. The Bertz CT molecular complexity index is 379. The third-order valence-corrected chi connectivity index (χ3v) is 2.04. The van der Waals surface area contributed by atoms with Gasteiger partial charge >= 0.3 is 6.09 Å². The molecule has 0 radical (unpaired) electrons. The lowest BCUT2D eigenvalue weighted by molar-refractivity contribution is 0.190. The number of hydrogen-bond acceptors (Lipinski definition) is 2.